The van der Waals surface area contributed by atoms with Gasteiger partial charge in [0.2, 0.25) is 0 Å². The van der Waals surface area contributed by atoms with Gasteiger partial charge < -0.3 is 0 Å². The van der Waals surface area contributed by atoms with Gasteiger partial charge in [-0.1, -0.05) is 93.9 Å². The van der Waals surface area contributed by atoms with E-state index in [9.17, 15) is 0 Å². The highest BCUT2D eigenvalue weighted by Crippen LogP contribution is 2.69. The number of hydrogen-bond donors (Lipinski definition) is 0. The van der Waals surface area contributed by atoms with Crippen LogP contribution in [0.1, 0.15) is 132 Å². The fourth-order valence-electron chi connectivity index (χ4n) is 9.17. The molecule has 0 amide bonds. The van der Waals surface area contributed by atoms with Gasteiger partial charge in [0, 0.05) is 0 Å². The highest BCUT2D eigenvalue weighted by molar-refractivity contribution is 5.10. The molecule has 170 valence electrons. The molecule has 3 fully saturated rings. The lowest BCUT2D eigenvalue weighted by atomic mass is 9.38. The third-order valence-corrected chi connectivity index (χ3v) is 10.7. The van der Waals surface area contributed by atoms with E-state index < -0.39 is 0 Å². The van der Waals surface area contributed by atoms with E-state index in [0.29, 0.717) is 16.2 Å². The maximum Gasteiger partial charge on any atom is -0.0259 e. The highest BCUT2D eigenvalue weighted by atomic mass is 14.7. The average molecular weight is 403 g/mol. The summed E-state index contributed by atoms with van der Waals surface area (Å²) in [4.78, 5) is 0. The number of fused-ring (bicyclic) bond motifs is 3. The monoisotopic (exact) mass is 402 g/mol. The summed E-state index contributed by atoms with van der Waals surface area (Å²) in [5, 5.41) is 0. The summed E-state index contributed by atoms with van der Waals surface area (Å²) in [5.74, 6) is 5.64. The summed E-state index contributed by atoms with van der Waals surface area (Å²) in [7, 11) is 0. The predicted molar refractivity (Wildman–Crippen MR) is 129 cm³/mol. The molecule has 0 spiro atoms. The molecule has 0 bridgehead atoms. The van der Waals surface area contributed by atoms with Gasteiger partial charge in [-0.05, 0) is 90.3 Å². The SMILES string of the molecule is CC(C)CCCC(C)CC[C@@H]1[C@H](C)CCC2[C@]3(C)CCCC(C)(C)C3CC[C@@]21C. The predicted octanol–water partition coefficient (Wildman–Crippen LogP) is 9.52. The van der Waals surface area contributed by atoms with E-state index >= 15 is 0 Å². The largest absolute Gasteiger partial charge is 0.0628 e. The van der Waals surface area contributed by atoms with E-state index in [2.05, 4.69) is 55.4 Å². The molecule has 0 heteroatoms. The van der Waals surface area contributed by atoms with Gasteiger partial charge >= 0.3 is 0 Å². The Morgan fingerprint density at radius 2 is 1.48 bits per heavy atom. The second kappa shape index (κ2) is 8.86. The number of hydrogen-bond acceptors (Lipinski definition) is 0. The average Bonchev–Trinajstić information content (AvgIpc) is 2.59. The van der Waals surface area contributed by atoms with Crippen molar-refractivity contribution >= 4 is 0 Å². The molecule has 29 heavy (non-hydrogen) atoms. The van der Waals surface area contributed by atoms with Crippen LogP contribution in [0.15, 0.2) is 0 Å². The van der Waals surface area contributed by atoms with Crippen molar-refractivity contribution in [3.05, 3.63) is 0 Å². The van der Waals surface area contributed by atoms with Crippen molar-refractivity contribution in [2.45, 2.75) is 132 Å². The van der Waals surface area contributed by atoms with Crippen molar-refractivity contribution in [3.8, 4) is 0 Å². The van der Waals surface area contributed by atoms with Crippen molar-refractivity contribution in [3.63, 3.8) is 0 Å². The Labute approximate surface area is 184 Å². The molecule has 0 aliphatic heterocycles. The Bertz CT molecular complexity index is 530. The first kappa shape index (κ1) is 23.7. The van der Waals surface area contributed by atoms with Crippen molar-refractivity contribution < 1.29 is 0 Å². The first-order valence-electron chi connectivity index (χ1n) is 13.5. The third-order valence-electron chi connectivity index (χ3n) is 10.7. The van der Waals surface area contributed by atoms with E-state index in [-0.39, 0.29) is 0 Å². The fraction of sp³-hybridized carbons (Fsp3) is 1.00. The topological polar surface area (TPSA) is 0 Å². The van der Waals surface area contributed by atoms with Gasteiger partial charge in [0.15, 0.2) is 0 Å². The third kappa shape index (κ3) is 4.62. The molecule has 0 aromatic rings. The van der Waals surface area contributed by atoms with E-state index in [1.165, 1.54) is 77.0 Å². The van der Waals surface area contributed by atoms with Crippen LogP contribution < -0.4 is 0 Å². The van der Waals surface area contributed by atoms with Crippen LogP contribution in [-0.4, -0.2) is 0 Å². The van der Waals surface area contributed by atoms with Crippen LogP contribution in [-0.2, 0) is 0 Å². The van der Waals surface area contributed by atoms with Crippen LogP contribution in [0.5, 0.6) is 0 Å². The first-order chi connectivity index (χ1) is 13.5. The van der Waals surface area contributed by atoms with Crippen LogP contribution in [0, 0.1) is 51.8 Å². The Morgan fingerprint density at radius 3 is 2.17 bits per heavy atom. The van der Waals surface area contributed by atoms with Crippen LogP contribution in [0.4, 0.5) is 0 Å². The molecule has 0 N–H and O–H groups in total. The van der Waals surface area contributed by atoms with Crippen molar-refractivity contribution in [1.29, 1.82) is 0 Å². The van der Waals surface area contributed by atoms with E-state index in [1.807, 2.05) is 0 Å². The van der Waals surface area contributed by atoms with Gasteiger partial charge in [0.05, 0.1) is 0 Å². The number of rotatable bonds is 7. The van der Waals surface area contributed by atoms with Crippen LogP contribution in [0.3, 0.4) is 0 Å². The molecule has 3 aliphatic carbocycles. The molecule has 0 aromatic heterocycles. The Balaban J connectivity index is 1.70. The molecule has 3 unspecified atom stereocenters. The normalized spacial score (nSPS) is 42.9. The van der Waals surface area contributed by atoms with Gasteiger partial charge in [-0.15, -0.1) is 0 Å². The smallest absolute Gasteiger partial charge is 0.0259 e. The highest BCUT2D eigenvalue weighted by Gasteiger charge is 2.61. The zero-order chi connectivity index (χ0) is 21.4. The van der Waals surface area contributed by atoms with Crippen LogP contribution in [0.2, 0.25) is 0 Å². The minimum Gasteiger partial charge on any atom is -0.0628 e. The molecule has 0 radical (unpaired) electrons. The summed E-state index contributed by atoms with van der Waals surface area (Å²) in [6.07, 6.45) is 17.7. The second-order valence-corrected chi connectivity index (χ2v) is 13.7. The van der Waals surface area contributed by atoms with E-state index in [4.69, 9.17) is 0 Å². The molecule has 0 aromatic carbocycles. The summed E-state index contributed by atoms with van der Waals surface area (Å²) in [6.45, 7) is 20.6. The lowest BCUT2D eigenvalue weighted by molar-refractivity contribution is -0.174. The molecule has 0 nitrogen and oxygen atoms in total. The van der Waals surface area contributed by atoms with E-state index in [0.717, 1.165) is 35.5 Å². The molecule has 3 aliphatic rings. The zero-order valence-corrected chi connectivity index (χ0v) is 21.4. The molecular weight excluding hydrogens is 348 g/mol. The minimum atomic E-state index is 0.567. The fourth-order valence-corrected chi connectivity index (χ4v) is 9.17. The molecule has 0 heterocycles. The standard InChI is InChI=1S/C29H54/c1-21(2)11-9-12-22(3)13-15-24-23(4)14-16-26-28(24,7)20-17-25-27(5,6)18-10-19-29(25,26)8/h21-26H,9-20H2,1-8H3/t22?,23-,24-,25?,26?,28-,29-/m1/s1. The van der Waals surface area contributed by atoms with E-state index in [1.54, 1.807) is 0 Å². The van der Waals surface area contributed by atoms with Gasteiger partial charge in [-0.2, -0.15) is 0 Å². The summed E-state index contributed by atoms with van der Waals surface area (Å²) in [6, 6.07) is 0. The lowest BCUT2D eigenvalue weighted by Gasteiger charge is -2.66. The van der Waals surface area contributed by atoms with Crippen LogP contribution >= 0.6 is 0 Å². The van der Waals surface area contributed by atoms with Gasteiger partial charge in [0.1, 0.15) is 0 Å². The van der Waals surface area contributed by atoms with Gasteiger partial charge in [-0.25, -0.2) is 0 Å². The quantitative estimate of drug-likeness (QED) is 0.397. The first-order valence-corrected chi connectivity index (χ1v) is 13.5. The summed E-state index contributed by atoms with van der Waals surface area (Å²) >= 11 is 0. The summed E-state index contributed by atoms with van der Waals surface area (Å²) in [5.41, 5.74) is 1.78. The molecule has 7 atom stereocenters. The molecule has 0 saturated heterocycles. The molecule has 3 rings (SSSR count). The maximum atomic E-state index is 2.75. The minimum absolute atomic E-state index is 0.567. The lowest BCUT2D eigenvalue weighted by Crippen LogP contribution is -2.59. The zero-order valence-electron chi connectivity index (χ0n) is 21.4. The summed E-state index contributed by atoms with van der Waals surface area (Å²) < 4.78 is 0. The van der Waals surface area contributed by atoms with Crippen molar-refractivity contribution in [2.75, 3.05) is 0 Å². The Morgan fingerprint density at radius 1 is 0.759 bits per heavy atom. The Hall–Kier alpha value is 0. The van der Waals surface area contributed by atoms with Crippen molar-refractivity contribution in [1.82, 2.24) is 0 Å². The van der Waals surface area contributed by atoms with Gasteiger partial charge in [0.25, 0.3) is 0 Å². The second-order valence-electron chi connectivity index (χ2n) is 13.7. The molecular formula is C29H54. The van der Waals surface area contributed by atoms with Crippen LogP contribution in [0.25, 0.3) is 0 Å². The molecule has 3 saturated carbocycles. The maximum absolute atomic E-state index is 2.75. The van der Waals surface area contributed by atoms with Gasteiger partial charge in [-0.3, -0.25) is 0 Å². The van der Waals surface area contributed by atoms with Crippen molar-refractivity contribution in [2.24, 2.45) is 51.8 Å². The Kier molecular flexibility index (Phi) is 7.23.